The lowest BCUT2D eigenvalue weighted by atomic mass is 10.0. The van der Waals surface area contributed by atoms with Gasteiger partial charge in [0.05, 0.1) is 6.42 Å². The molecule has 18 heavy (non-hydrogen) atoms. The van der Waals surface area contributed by atoms with E-state index in [0.717, 1.165) is 31.6 Å². The summed E-state index contributed by atoms with van der Waals surface area (Å²) < 4.78 is 5.92. The van der Waals surface area contributed by atoms with Gasteiger partial charge in [-0.05, 0) is 6.42 Å². The highest BCUT2D eigenvalue weighted by molar-refractivity contribution is 6.69. The minimum absolute atomic E-state index is 0.185. The molecule has 0 aromatic heterocycles. The lowest BCUT2D eigenvalue weighted by molar-refractivity contribution is -0.538. The third-order valence-electron chi connectivity index (χ3n) is 3.18. The first kappa shape index (κ1) is 14.4. The molecule has 1 unspecified atom stereocenters. The third-order valence-corrected chi connectivity index (χ3v) is 3.74. The van der Waals surface area contributed by atoms with Gasteiger partial charge in [0.1, 0.15) is 13.1 Å². The van der Waals surface area contributed by atoms with E-state index in [1.54, 1.807) is 13.0 Å². The molecule has 1 atom stereocenters. The van der Waals surface area contributed by atoms with Crippen molar-refractivity contribution in [1.82, 2.24) is 0 Å². The summed E-state index contributed by atoms with van der Waals surface area (Å²) in [7, 11) is 0. The Bertz CT molecular complexity index is 389. The molecule has 2 aliphatic rings. The van der Waals surface area contributed by atoms with E-state index in [0.29, 0.717) is 6.42 Å². The second-order valence-corrected chi connectivity index (χ2v) is 7.28. The van der Waals surface area contributed by atoms with Crippen LogP contribution in [0.2, 0.25) is 0 Å². The minimum atomic E-state index is -1.65. The molecular formula is C12H17Cl3NO2+. The lowest BCUT2D eigenvalue weighted by Gasteiger charge is -2.32. The van der Waals surface area contributed by atoms with Gasteiger partial charge in [0, 0.05) is 25.8 Å². The number of hydrogen-bond acceptors (Lipinski definition) is 2. The molecule has 0 aromatic carbocycles. The van der Waals surface area contributed by atoms with Crippen molar-refractivity contribution < 1.29 is 14.4 Å². The van der Waals surface area contributed by atoms with Gasteiger partial charge in [-0.15, -0.1) is 0 Å². The number of piperidine rings is 1. The highest BCUT2D eigenvalue weighted by Gasteiger charge is 2.41. The van der Waals surface area contributed by atoms with E-state index in [-0.39, 0.29) is 5.76 Å². The zero-order valence-corrected chi connectivity index (χ0v) is 12.5. The van der Waals surface area contributed by atoms with E-state index in [1.807, 2.05) is 0 Å². The fraction of sp³-hybridized carbons (Fsp3) is 0.750. The van der Waals surface area contributed by atoms with Crippen molar-refractivity contribution in [3.8, 4) is 0 Å². The first-order valence-corrected chi connectivity index (χ1v) is 7.22. The molecule has 0 aliphatic carbocycles. The molecule has 0 radical (unpaired) electrons. The quantitative estimate of drug-likeness (QED) is 0.551. The van der Waals surface area contributed by atoms with E-state index in [4.69, 9.17) is 39.5 Å². The third kappa shape index (κ3) is 3.53. The molecule has 0 saturated carbocycles. The van der Waals surface area contributed by atoms with Gasteiger partial charge in [-0.1, -0.05) is 34.8 Å². The van der Waals surface area contributed by atoms with Gasteiger partial charge >= 0.3 is 0 Å². The molecule has 3 nitrogen and oxygen atoms in total. The fourth-order valence-electron chi connectivity index (χ4n) is 2.36. The number of aliphatic hydroxyl groups is 1. The number of rotatable bonds is 0. The number of ether oxygens (including phenoxy) is 1. The van der Waals surface area contributed by atoms with Crippen molar-refractivity contribution in [2.45, 2.75) is 42.2 Å². The molecule has 1 fully saturated rings. The number of allylic oxidation sites excluding steroid dienone is 2. The first-order chi connectivity index (χ1) is 8.28. The van der Waals surface area contributed by atoms with Gasteiger partial charge in [0.2, 0.25) is 9.58 Å². The summed E-state index contributed by atoms with van der Waals surface area (Å²) in [6.45, 7) is 3.55. The van der Waals surface area contributed by atoms with Crippen LogP contribution < -0.4 is 0 Å². The lowest BCUT2D eigenvalue weighted by Crippen LogP contribution is -2.41. The van der Waals surface area contributed by atoms with Crippen LogP contribution in [0.1, 0.15) is 32.6 Å². The van der Waals surface area contributed by atoms with Crippen LogP contribution in [-0.2, 0) is 4.74 Å². The molecule has 102 valence electrons. The Balaban J connectivity index is 2.35. The molecule has 6 heteroatoms. The highest BCUT2D eigenvalue weighted by Crippen LogP contribution is 2.40. The Labute approximate surface area is 122 Å². The summed E-state index contributed by atoms with van der Waals surface area (Å²) in [4.78, 5) is 0. The number of hydrogen-bond donors (Lipinski definition) is 1. The van der Waals surface area contributed by atoms with Crippen molar-refractivity contribution in [3.05, 3.63) is 11.8 Å². The first-order valence-electron chi connectivity index (χ1n) is 6.09. The Morgan fingerprint density at radius 2 is 1.89 bits per heavy atom. The maximum Gasteiger partial charge on any atom is 0.247 e. The SMILES string of the molecule is CC1(O)CC(=[N+]2CCCCC2)C=C(C(Cl)(Cl)Cl)O1. The summed E-state index contributed by atoms with van der Waals surface area (Å²) in [5, 5.41) is 10.1. The normalized spacial score (nSPS) is 29.9. The summed E-state index contributed by atoms with van der Waals surface area (Å²) in [6.07, 6.45) is 5.72. The van der Waals surface area contributed by atoms with E-state index in [1.165, 1.54) is 6.42 Å². The molecule has 0 aromatic rings. The predicted octanol–water partition coefficient (Wildman–Crippen LogP) is 3.01. The van der Waals surface area contributed by atoms with Crippen LogP contribution in [-0.4, -0.2) is 38.1 Å². The molecular weight excluding hydrogens is 296 g/mol. The molecule has 1 N–H and O–H groups in total. The van der Waals surface area contributed by atoms with Crippen LogP contribution in [0.3, 0.4) is 0 Å². The summed E-state index contributed by atoms with van der Waals surface area (Å²) in [5.41, 5.74) is 0.979. The van der Waals surface area contributed by atoms with Crippen molar-refractivity contribution in [1.29, 1.82) is 0 Å². The van der Waals surface area contributed by atoms with Crippen molar-refractivity contribution in [3.63, 3.8) is 0 Å². The van der Waals surface area contributed by atoms with E-state index < -0.39 is 9.58 Å². The van der Waals surface area contributed by atoms with Gasteiger partial charge in [0.15, 0.2) is 11.5 Å². The Morgan fingerprint density at radius 1 is 1.28 bits per heavy atom. The molecule has 2 rings (SSSR count). The summed E-state index contributed by atoms with van der Waals surface area (Å²) >= 11 is 17.5. The van der Waals surface area contributed by atoms with Crippen molar-refractivity contribution in [2.75, 3.05) is 13.1 Å². The van der Waals surface area contributed by atoms with Gasteiger partial charge in [-0.25, -0.2) is 4.58 Å². The van der Waals surface area contributed by atoms with Crippen LogP contribution in [0, 0.1) is 0 Å². The van der Waals surface area contributed by atoms with Crippen molar-refractivity contribution >= 4 is 40.5 Å². The molecule has 0 amide bonds. The van der Waals surface area contributed by atoms with Crippen molar-refractivity contribution in [2.24, 2.45) is 0 Å². The predicted molar refractivity (Wildman–Crippen MR) is 73.6 cm³/mol. The van der Waals surface area contributed by atoms with E-state index >= 15 is 0 Å². The minimum Gasteiger partial charge on any atom is -0.462 e. The zero-order valence-electron chi connectivity index (χ0n) is 10.3. The molecule has 1 saturated heterocycles. The van der Waals surface area contributed by atoms with Crippen LogP contribution in [0.5, 0.6) is 0 Å². The topological polar surface area (TPSA) is 32.5 Å². The van der Waals surface area contributed by atoms with Gasteiger partial charge in [0.25, 0.3) is 0 Å². The number of nitrogens with zero attached hydrogens (tertiary/aromatic N) is 1. The Hall–Kier alpha value is 0.0400. The highest BCUT2D eigenvalue weighted by atomic mass is 35.6. The number of alkyl halides is 3. The zero-order chi connectivity index (χ0) is 13.4. The average Bonchev–Trinajstić information content (AvgIpc) is 2.27. The molecule has 0 bridgehead atoms. The second kappa shape index (κ2) is 5.20. The maximum atomic E-state index is 10.1. The Kier molecular flexibility index (Phi) is 4.17. The second-order valence-electron chi connectivity index (χ2n) is 5.00. The molecule has 2 aliphatic heterocycles. The van der Waals surface area contributed by atoms with E-state index in [2.05, 4.69) is 4.58 Å². The van der Waals surface area contributed by atoms with Crippen LogP contribution in [0.4, 0.5) is 0 Å². The molecule has 0 spiro atoms. The number of halogens is 3. The van der Waals surface area contributed by atoms with Gasteiger partial charge < -0.3 is 9.84 Å². The average molecular weight is 314 g/mol. The summed E-state index contributed by atoms with van der Waals surface area (Å²) in [6, 6.07) is 0. The smallest absolute Gasteiger partial charge is 0.247 e. The molecule has 2 heterocycles. The fourth-order valence-corrected chi connectivity index (χ4v) is 2.64. The standard InChI is InChI=1S/C12H17Cl3NO2/c1-11(17)8-9(16-5-3-2-4-6-16)7-10(18-11)12(13,14)15/h7,17H,2-6,8H2,1H3/q+1. The van der Waals surface area contributed by atoms with Crippen LogP contribution in [0.25, 0.3) is 0 Å². The van der Waals surface area contributed by atoms with Crippen LogP contribution in [0.15, 0.2) is 11.8 Å². The van der Waals surface area contributed by atoms with Crippen LogP contribution >= 0.6 is 34.8 Å². The Morgan fingerprint density at radius 3 is 2.44 bits per heavy atom. The summed E-state index contributed by atoms with van der Waals surface area (Å²) in [5.74, 6) is -1.13. The van der Waals surface area contributed by atoms with E-state index in [9.17, 15) is 5.11 Å². The largest absolute Gasteiger partial charge is 0.462 e. The van der Waals surface area contributed by atoms with Gasteiger partial charge in [-0.2, -0.15) is 0 Å². The maximum absolute atomic E-state index is 10.1. The van der Waals surface area contributed by atoms with Gasteiger partial charge in [-0.3, -0.25) is 0 Å². The monoisotopic (exact) mass is 312 g/mol.